The van der Waals surface area contributed by atoms with Crippen molar-refractivity contribution < 1.29 is 19.1 Å². The number of nitrogens with one attached hydrogen (secondary N) is 1. The summed E-state index contributed by atoms with van der Waals surface area (Å²) < 4.78 is 5.51. The van der Waals surface area contributed by atoms with Gasteiger partial charge in [-0.2, -0.15) is 11.8 Å². The second kappa shape index (κ2) is 12.6. The molecule has 7 rings (SSSR count). The van der Waals surface area contributed by atoms with E-state index in [1.54, 1.807) is 36.0 Å². The number of nitrogens with zero attached hydrogens (tertiary/aromatic N) is 2. The van der Waals surface area contributed by atoms with Crippen LogP contribution in [0.4, 0.5) is 0 Å². The standard InChI is InChI=1S/C33H41N3O4S/c37-30(35-11-13-36(14-12-35)33-18-25-15-26(19-33)17-27(16-25)20-33)21-40-32(39)29(23-41-22-24-7-3-1-4-8-24)34-31(38)28-9-5-2-6-10-28/h1-10,25-27,29H,11-23H2,(H,34,38)/t25?,26?,27?,29-,33?/m0/s1. The highest BCUT2D eigenvalue weighted by Gasteiger charge is 2.53. The third-order valence-corrected chi connectivity index (χ3v) is 10.8. The van der Waals surface area contributed by atoms with E-state index >= 15 is 0 Å². The first-order valence-electron chi connectivity index (χ1n) is 15.1. The second-order valence-corrected chi connectivity index (χ2v) is 13.5. The van der Waals surface area contributed by atoms with Gasteiger partial charge in [0.2, 0.25) is 0 Å². The van der Waals surface area contributed by atoms with Gasteiger partial charge < -0.3 is 15.0 Å². The number of hydrogen-bond donors (Lipinski definition) is 1. The third-order valence-electron chi connectivity index (χ3n) is 9.67. The van der Waals surface area contributed by atoms with Gasteiger partial charge in [-0.1, -0.05) is 48.5 Å². The molecule has 2 aromatic carbocycles. The first-order chi connectivity index (χ1) is 20.0. The smallest absolute Gasteiger partial charge is 0.330 e. The van der Waals surface area contributed by atoms with Gasteiger partial charge >= 0.3 is 5.97 Å². The Hall–Kier alpha value is -2.84. The molecule has 0 unspecified atom stereocenters. The fourth-order valence-electron chi connectivity index (χ4n) is 8.08. The van der Waals surface area contributed by atoms with Crippen molar-refractivity contribution in [1.29, 1.82) is 0 Å². The van der Waals surface area contributed by atoms with Crippen LogP contribution in [0.25, 0.3) is 0 Å². The topological polar surface area (TPSA) is 78.9 Å². The van der Waals surface area contributed by atoms with Gasteiger partial charge in [0.15, 0.2) is 6.61 Å². The zero-order valence-electron chi connectivity index (χ0n) is 23.7. The van der Waals surface area contributed by atoms with E-state index in [2.05, 4.69) is 10.2 Å². The van der Waals surface area contributed by atoms with Gasteiger partial charge in [-0.05, 0) is 74.0 Å². The largest absolute Gasteiger partial charge is 0.454 e. The molecule has 1 atom stereocenters. The lowest BCUT2D eigenvalue weighted by Gasteiger charge is -2.61. The molecule has 0 spiro atoms. The van der Waals surface area contributed by atoms with Crippen molar-refractivity contribution in [3.05, 3.63) is 71.8 Å². The monoisotopic (exact) mass is 575 g/mol. The number of rotatable bonds is 10. The summed E-state index contributed by atoms with van der Waals surface area (Å²) in [7, 11) is 0. The number of ether oxygens (including phenoxy) is 1. The van der Waals surface area contributed by atoms with Crippen LogP contribution in [0, 0.1) is 17.8 Å². The van der Waals surface area contributed by atoms with E-state index in [0.29, 0.717) is 35.7 Å². The fourth-order valence-corrected chi connectivity index (χ4v) is 9.08. The van der Waals surface area contributed by atoms with Gasteiger partial charge in [-0.25, -0.2) is 4.79 Å². The Kier molecular flexibility index (Phi) is 8.68. The summed E-state index contributed by atoms with van der Waals surface area (Å²) in [6.07, 6.45) is 8.30. The predicted octanol–water partition coefficient (Wildman–Crippen LogP) is 4.37. The summed E-state index contributed by atoms with van der Waals surface area (Å²) in [5, 5.41) is 2.83. The van der Waals surface area contributed by atoms with Crippen molar-refractivity contribution in [2.45, 2.75) is 55.9 Å². The number of carbonyl (C=O) groups excluding carboxylic acids is 3. The molecule has 2 aromatic rings. The summed E-state index contributed by atoms with van der Waals surface area (Å²) in [6.45, 7) is 2.87. The Morgan fingerprint density at radius 2 is 1.44 bits per heavy atom. The summed E-state index contributed by atoms with van der Waals surface area (Å²) in [6, 6.07) is 18.0. The highest BCUT2D eigenvalue weighted by molar-refractivity contribution is 7.98. The first-order valence-corrected chi connectivity index (χ1v) is 16.3. The highest BCUT2D eigenvalue weighted by Crippen LogP contribution is 2.57. The number of esters is 1. The Labute approximate surface area is 247 Å². The molecule has 8 heteroatoms. The van der Waals surface area contributed by atoms with Crippen LogP contribution in [0.3, 0.4) is 0 Å². The van der Waals surface area contributed by atoms with Gasteiger partial charge in [-0.3, -0.25) is 14.5 Å². The van der Waals surface area contributed by atoms with Crippen LogP contribution in [0.15, 0.2) is 60.7 Å². The van der Waals surface area contributed by atoms with E-state index in [-0.39, 0.29) is 18.4 Å². The minimum Gasteiger partial charge on any atom is -0.454 e. The van der Waals surface area contributed by atoms with Gasteiger partial charge in [0, 0.05) is 48.8 Å². The second-order valence-electron chi connectivity index (χ2n) is 12.5. The van der Waals surface area contributed by atoms with E-state index in [1.165, 1.54) is 38.5 Å². The van der Waals surface area contributed by atoms with E-state index < -0.39 is 12.0 Å². The van der Waals surface area contributed by atoms with Gasteiger partial charge in [0.25, 0.3) is 11.8 Å². The number of carbonyl (C=O) groups is 3. The molecular weight excluding hydrogens is 534 g/mol. The molecule has 2 amide bonds. The molecular formula is C33H41N3O4S. The van der Waals surface area contributed by atoms with E-state index in [0.717, 1.165) is 36.4 Å². The molecule has 0 radical (unpaired) electrons. The van der Waals surface area contributed by atoms with Gasteiger partial charge in [0.05, 0.1) is 0 Å². The van der Waals surface area contributed by atoms with Crippen molar-refractivity contribution in [2.75, 3.05) is 38.5 Å². The van der Waals surface area contributed by atoms with E-state index in [4.69, 9.17) is 4.74 Å². The normalized spacial score (nSPS) is 27.8. The maximum absolute atomic E-state index is 13.1. The fraction of sp³-hybridized carbons (Fsp3) is 0.545. The number of benzene rings is 2. The molecule has 41 heavy (non-hydrogen) atoms. The molecule has 218 valence electrons. The Balaban J connectivity index is 1.00. The molecule has 1 aliphatic heterocycles. The average molecular weight is 576 g/mol. The Bertz CT molecular complexity index is 1180. The van der Waals surface area contributed by atoms with Crippen LogP contribution in [0.1, 0.15) is 54.4 Å². The van der Waals surface area contributed by atoms with Crippen LogP contribution in [0.5, 0.6) is 0 Å². The van der Waals surface area contributed by atoms with E-state index in [9.17, 15) is 14.4 Å². The number of amides is 2. The highest BCUT2D eigenvalue weighted by atomic mass is 32.2. The van der Waals surface area contributed by atoms with Gasteiger partial charge in [-0.15, -0.1) is 0 Å². The summed E-state index contributed by atoms with van der Waals surface area (Å²) in [5.41, 5.74) is 1.98. The summed E-state index contributed by atoms with van der Waals surface area (Å²) in [5.74, 6) is 2.71. The molecule has 4 bridgehead atoms. The maximum Gasteiger partial charge on any atom is 0.330 e. The zero-order valence-corrected chi connectivity index (χ0v) is 24.5. The summed E-state index contributed by atoms with van der Waals surface area (Å²) in [4.78, 5) is 43.5. The first kappa shape index (κ1) is 28.3. The minimum absolute atomic E-state index is 0.159. The lowest BCUT2D eigenvalue weighted by molar-refractivity contribution is -0.155. The SMILES string of the molecule is O=C(N[C@@H](CSCc1ccccc1)C(=O)OCC(=O)N1CCN(C23CC4CC(CC(C4)C2)C3)CC1)c1ccccc1. The van der Waals surface area contributed by atoms with Crippen LogP contribution >= 0.6 is 11.8 Å². The van der Waals surface area contributed by atoms with Crippen molar-refractivity contribution >= 4 is 29.5 Å². The lowest BCUT2D eigenvalue weighted by Crippen LogP contribution is -2.64. The van der Waals surface area contributed by atoms with Crippen molar-refractivity contribution in [3.63, 3.8) is 0 Å². The Morgan fingerprint density at radius 3 is 2.05 bits per heavy atom. The number of thioether (sulfide) groups is 1. The molecule has 5 fully saturated rings. The zero-order chi connectivity index (χ0) is 28.2. The van der Waals surface area contributed by atoms with Crippen molar-refractivity contribution in [1.82, 2.24) is 15.1 Å². The van der Waals surface area contributed by atoms with Crippen molar-refractivity contribution in [2.24, 2.45) is 17.8 Å². The molecule has 5 aliphatic rings. The van der Waals surface area contributed by atoms with Crippen LogP contribution in [0.2, 0.25) is 0 Å². The number of piperazine rings is 1. The minimum atomic E-state index is -0.850. The third kappa shape index (κ3) is 6.64. The van der Waals surface area contributed by atoms with Gasteiger partial charge in [0.1, 0.15) is 6.04 Å². The van der Waals surface area contributed by atoms with Crippen LogP contribution in [-0.4, -0.2) is 77.7 Å². The molecule has 1 heterocycles. The number of hydrogen-bond acceptors (Lipinski definition) is 6. The predicted molar refractivity (Wildman–Crippen MR) is 160 cm³/mol. The molecule has 7 nitrogen and oxygen atoms in total. The molecule has 1 N–H and O–H groups in total. The molecule has 4 aliphatic carbocycles. The molecule has 0 aromatic heterocycles. The van der Waals surface area contributed by atoms with Crippen LogP contribution in [-0.2, 0) is 20.1 Å². The molecule has 4 saturated carbocycles. The molecule has 1 saturated heterocycles. The van der Waals surface area contributed by atoms with Crippen LogP contribution < -0.4 is 5.32 Å². The Morgan fingerprint density at radius 1 is 0.854 bits per heavy atom. The lowest BCUT2D eigenvalue weighted by atomic mass is 9.52. The average Bonchev–Trinajstić information content (AvgIpc) is 2.99. The quantitative estimate of drug-likeness (QED) is 0.424. The maximum atomic E-state index is 13.1. The summed E-state index contributed by atoms with van der Waals surface area (Å²) >= 11 is 1.55. The van der Waals surface area contributed by atoms with Crippen molar-refractivity contribution in [3.8, 4) is 0 Å². The van der Waals surface area contributed by atoms with E-state index in [1.807, 2.05) is 41.3 Å².